The van der Waals surface area contributed by atoms with Crippen molar-refractivity contribution in [3.05, 3.63) is 0 Å². The molecule has 3 heteroatoms. The molecule has 0 spiro atoms. The molecular weight excluding hydrogens is 154 g/mol. The second-order valence-corrected chi connectivity index (χ2v) is 3.03. The molecule has 0 amide bonds. The summed E-state index contributed by atoms with van der Waals surface area (Å²) in [6.45, 7) is 4.64. The minimum atomic E-state index is -0.401. The lowest BCUT2D eigenvalue weighted by atomic mass is 10.1. The summed E-state index contributed by atoms with van der Waals surface area (Å²) >= 11 is 0. The van der Waals surface area contributed by atoms with Crippen molar-refractivity contribution < 1.29 is 9.47 Å². The molecule has 0 aromatic heterocycles. The molecule has 1 fully saturated rings. The van der Waals surface area contributed by atoms with E-state index < -0.39 is 5.79 Å². The Bertz CT molecular complexity index is 181. The zero-order valence-corrected chi connectivity index (χ0v) is 7.67. The van der Waals surface area contributed by atoms with Crippen LogP contribution in [0.25, 0.3) is 0 Å². The number of nitrogens with zero attached hydrogens (tertiary/aromatic N) is 1. The van der Waals surface area contributed by atoms with Crippen LogP contribution in [0.1, 0.15) is 33.1 Å². The standard InChI is InChI=1S/C9H15NO2/c1-3-9(4-2)11-7-8(12-9)5-6-10/h8H,3-5,7H2,1-2H3. The highest BCUT2D eigenvalue weighted by molar-refractivity contribution is 4.83. The molecule has 68 valence electrons. The van der Waals surface area contributed by atoms with E-state index in [0.717, 1.165) is 12.8 Å². The van der Waals surface area contributed by atoms with E-state index in [-0.39, 0.29) is 6.10 Å². The van der Waals surface area contributed by atoms with E-state index in [4.69, 9.17) is 14.7 Å². The molecule has 1 saturated heterocycles. The van der Waals surface area contributed by atoms with Crippen LogP contribution in [0.4, 0.5) is 0 Å². The Kier molecular flexibility index (Phi) is 3.07. The molecule has 0 aliphatic carbocycles. The van der Waals surface area contributed by atoms with Crippen molar-refractivity contribution in [3.8, 4) is 6.07 Å². The van der Waals surface area contributed by atoms with Crippen molar-refractivity contribution in [2.24, 2.45) is 0 Å². The summed E-state index contributed by atoms with van der Waals surface area (Å²) < 4.78 is 11.2. The molecule has 0 aromatic rings. The smallest absolute Gasteiger partial charge is 0.168 e. The minimum Gasteiger partial charge on any atom is -0.347 e. The van der Waals surface area contributed by atoms with E-state index in [9.17, 15) is 0 Å². The van der Waals surface area contributed by atoms with E-state index in [1.54, 1.807) is 0 Å². The van der Waals surface area contributed by atoms with Gasteiger partial charge in [-0.2, -0.15) is 5.26 Å². The first kappa shape index (κ1) is 9.50. The van der Waals surface area contributed by atoms with Crippen LogP contribution in [0.3, 0.4) is 0 Å². The third-order valence-electron chi connectivity index (χ3n) is 2.31. The van der Waals surface area contributed by atoms with Crippen molar-refractivity contribution in [2.75, 3.05) is 6.61 Å². The molecule has 1 heterocycles. The number of nitriles is 1. The Morgan fingerprint density at radius 3 is 2.58 bits per heavy atom. The second-order valence-electron chi connectivity index (χ2n) is 3.03. The third-order valence-corrected chi connectivity index (χ3v) is 2.31. The first-order valence-electron chi connectivity index (χ1n) is 4.45. The molecule has 1 rings (SSSR count). The Morgan fingerprint density at radius 1 is 1.50 bits per heavy atom. The van der Waals surface area contributed by atoms with Crippen LogP contribution < -0.4 is 0 Å². The molecule has 3 nitrogen and oxygen atoms in total. The van der Waals surface area contributed by atoms with Gasteiger partial charge < -0.3 is 9.47 Å². The molecule has 1 aliphatic heterocycles. The van der Waals surface area contributed by atoms with Crippen molar-refractivity contribution >= 4 is 0 Å². The summed E-state index contributed by atoms with van der Waals surface area (Å²) in [6.07, 6.45) is 2.12. The Morgan fingerprint density at radius 2 is 2.17 bits per heavy atom. The van der Waals surface area contributed by atoms with E-state index in [1.165, 1.54) is 0 Å². The summed E-state index contributed by atoms with van der Waals surface area (Å²) in [5, 5.41) is 8.46. The summed E-state index contributed by atoms with van der Waals surface area (Å²) in [6, 6.07) is 2.09. The van der Waals surface area contributed by atoms with Gasteiger partial charge in [0.15, 0.2) is 5.79 Å². The molecule has 1 atom stereocenters. The molecule has 12 heavy (non-hydrogen) atoms. The van der Waals surface area contributed by atoms with Gasteiger partial charge in [-0.1, -0.05) is 13.8 Å². The van der Waals surface area contributed by atoms with Gasteiger partial charge in [0.05, 0.1) is 25.2 Å². The zero-order valence-electron chi connectivity index (χ0n) is 7.67. The van der Waals surface area contributed by atoms with Crippen LogP contribution in [0.5, 0.6) is 0 Å². The normalized spacial score (nSPS) is 26.9. The molecule has 0 radical (unpaired) electrons. The first-order valence-corrected chi connectivity index (χ1v) is 4.45. The van der Waals surface area contributed by atoms with Gasteiger partial charge in [0, 0.05) is 0 Å². The van der Waals surface area contributed by atoms with Crippen molar-refractivity contribution in [3.63, 3.8) is 0 Å². The molecular formula is C9H15NO2. The fraction of sp³-hybridized carbons (Fsp3) is 0.889. The van der Waals surface area contributed by atoms with Crippen LogP contribution >= 0.6 is 0 Å². The lowest BCUT2D eigenvalue weighted by Crippen LogP contribution is -2.28. The number of rotatable bonds is 3. The highest BCUT2D eigenvalue weighted by Gasteiger charge is 2.37. The van der Waals surface area contributed by atoms with Crippen LogP contribution in [0.15, 0.2) is 0 Å². The number of ether oxygens (including phenoxy) is 2. The number of hydrogen-bond acceptors (Lipinski definition) is 3. The predicted octanol–water partition coefficient (Wildman–Crippen LogP) is 1.83. The summed E-state index contributed by atoms with van der Waals surface area (Å²) in [5.74, 6) is -0.401. The molecule has 0 saturated carbocycles. The van der Waals surface area contributed by atoms with Crippen LogP contribution in [0, 0.1) is 11.3 Å². The summed E-state index contributed by atoms with van der Waals surface area (Å²) in [5.41, 5.74) is 0. The molecule has 0 aromatic carbocycles. The maximum absolute atomic E-state index is 8.46. The maximum Gasteiger partial charge on any atom is 0.168 e. The SMILES string of the molecule is CCC1(CC)OCC(CC#N)O1. The highest BCUT2D eigenvalue weighted by atomic mass is 16.7. The zero-order chi connectivity index (χ0) is 9.03. The fourth-order valence-electron chi connectivity index (χ4n) is 1.44. The van der Waals surface area contributed by atoms with E-state index in [0.29, 0.717) is 13.0 Å². The van der Waals surface area contributed by atoms with Gasteiger partial charge in [-0.25, -0.2) is 0 Å². The van der Waals surface area contributed by atoms with Gasteiger partial charge >= 0.3 is 0 Å². The van der Waals surface area contributed by atoms with Crippen molar-refractivity contribution in [2.45, 2.75) is 45.0 Å². The predicted molar refractivity (Wildman–Crippen MR) is 44.4 cm³/mol. The molecule has 0 N–H and O–H groups in total. The Hall–Kier alpha value is -0.590. The average molecular weight is 169 g/mol. The lowest BCUT2D eigenvalue weighted by Gasteiger charge is -2.24. The van der Waals surface area contributed by atoms with Gasteiger partial charge in [-0.05, 0) is 12.8 Å². The van der Waals surface area contributed by atoms with Crippen LogP contribution in [-0.2, 0) is 9.47 Å². The van der Waals surface area contributed by atoms with Crippen molar-refractivity contribution in [1.82, 2.24) is 0 Å². The Labute approximate surface area is 73.3 Å². The van der Waals surface area contributed by atoms with Gasteiger partial charge in [-0.3, -0.25) is 0 Å². The third kappa shape index (κ3) is 1.77. The summed E-state index contributed by atoms with van der Waals surface area (Å²) in [7, 11) is 0. The Balaban J connectivity index is 2.48. The first-order chi connectivity index (χ1) is 5.76. The quantitative estimate of drug-likeness (QED) is 0.647. The highest BCUT2D eigenvalue weighted by Crippen LogP contribution is 2.30. The lowest BCUT2D eigenvalue weighted by molar-refractivity contribution is -0.171. The maximum atomic E-state index is 8.46. The second kappa shape index (κ2) is 3.88. The van der Waals surface area contributed by atoms with E-state index >= 15 is 0 Å². The molecule has 1 aliphatic rings. The summed E-state index contributed by atoms with van der Waals surface area (Å²) in [4.78, 5) is 0. The van der Waals surface area contributed by atoms with Crippen LogP contribution in [-0.4, -0.2) is 18.5 Å². The number of hydrogen-bond donors (Lipinski definition) is 0. The van der Waals surface area contributed by atoms with Gasteiger partial charge in [0.25, 0.3) is 0 Å². The van der Waals surface area contributed by atoms with Gasteiger partial charge in [0.2, 0.25) is 0 Å². The average Bonchev–Trinajstić information content (AvgIpc) is 2.50. The van der Waals surface area contributed by atoms with Gasteiger partial charge in [-0.15, -0.1) is 0 Å². The fourth-order valence-corrected chi connectivity index (χ4v) is 1.44. The van der Waals surface area contributed by atoms with Gasteiger partial charge in [0.1, 0.15) is 0 Å². The largest absolute Gasteiger partial charge is 0.347 e. The minimum absolute atomic E-state index is 0.0186. The van der Waals surface area contributed by atoms with E-state index in [2.05, 4.69) is 6.07 Å². The van der Waals surface area contributed by atoms with E-state index in [1.807, 2.05) is 13.8 Å². The van der Waals surface area contributed by atoms with Crippen molar-refractivity contribution in [1.29, 1.82) is 5.26 Å². The molecule has 1 unspecified atom stereocenters. The monoisotopic (exact) mass is 169 g/mol. The van der Waals surface area contributed by atoms with Crippen LogP contribution in [0.2, 0.25) is 0 Å². The molecule has 0 bridgehead atoms. The topological polar surface area (TPSA) is 42.2 Å².